The molecular weight excluding hydrogens is 222 g/mol. The lowest BCUT2D eigenvalue weighted by Gasteiger charge is -2.01. The van der Waals surface area contributed by atoms with Crippen LogP contribution in [0.3, 0.4) is 0 Å². The first-order valence-electron chi connectivity index (χ1n) is 4.88. The van der Waals surface area contributed by atoms with E-state index >= 15 is 0 Å². The van der Waals surface area contributed by atoms with Gasteiger partial charge in [-0.25, -0.2) is 0 Å². The predicted molar refractivity (Wildman–Crippen MR) is 65.0 cm³/mol. The van der Waals surface area contributed by atoms with Crippen molar-refractivity contribution in [1.82, 2.24) is 5.32 Å². The molecular formula is C12H11NO2S. The Morgan fingerprint density at radius 1 is 1.19 bits per heavy atom. The molecule has 0 radical (unpaired) electrons. The molecule has 0 aliphatic carbocycles. The number of amides is 2. The van der Waals surface area contributed by atoms with Gasteiger partial charge in [0.2, 0.25) is 0 Å². The minimum atomic E-state index is -0.312. The Morgan fingerprint density at radius 3 is 2.50 bits per heavy atom. The highest BCUT2D eigenvalue weighted by molar-refractivity contribution is 8.18. The first-order valence-corrected chi connectivity index (χ1v) is 5.70. The molecule has 2 rings (SSSR count). The summed E-state index contributed by atoms with van der Waals surface area (Å²) in [7, 11) is 0. The number of aryl methyl sites for hydroxylation is 2. The summed E-state index contributed by atoms with van der Waals surface area (Å²) in [6.07, 6.45) is 1.73. The van der Waals surface area contributed by atoms with Crippen molar-refractivity contribution in [3.8, 4) is 0 Å². The van der Waals surface area contributed by atoms with Crippen LogP contribution in [0.5, 0.6) is 0 Å². The van der Waals surface area contributed by atoms with Gasteiger partial charge in [-0.1, -0.05) is 18.2 Å². The minimum absolute atomic E-state index is 0.305. The lowest BCUT2D eigenvalue weighted by atomic mass is 10.1. The average molecular weight is 233 g/mol. The predicted octanol–water partition coefficient (Wildman–Crippen LogP) is 2.63. The molecule has 1 aliphatic heterocycles. The van der Waals surface area contributed by atoms with Gasteiger partial charge in [0.1, 0.15) is 0 Å². The maximum atomic E-state index is 11.3. The zero-order chi connectivity index (χ0) is 11.7. The summed E-state index contributed by atoms with van der Waals surface area (Å²) in [4.78, 5) is 22.7. The molecule has 0 unspecified atom stereocenters. The number of benzene rings is 1. The van der Waals surface area contributed by atoms with Crippen LogP contribution < -0.4 is 5.32 Å². The molecule has 0 saturated carbocycles. The summed E-state index contributed by atoms with van der Waals surface area (Å²) >= 11 is 0.940. The highest BCUT2D eigenvalue weighted by Gasteiger charge is 2.24. The first-order chi connectivity index (χ1) is 7.56. The summed E-state index contributed by atoms with van der Waals surface area (Å²) in [5.74, 6) is -0.312. The fourth-order valence-electron chi connectivity index (χ4n) is 1.43. The van der Waals surface area contributed by atoms with Crippen molar-refractivity contribution in [2.75, 3.05) is 0 Å². The van der Waals surface area contributed by atoms with Gasteiger partial charge in [-0.15, -0.1) is 0 Å². The zero-order valence-electron chi connectivity index (χ0n) is 9.03. The third-order valence-corrected chi connectivity index (χ3v) is 3.28. The van der Waals surface area contributed by atoms with E-state index in [0.717, 1.165) is 17.3 Å². The van der Waals surface area contributed by atoms with Gasteiger partial charge in [-0.3, -0.25) is 14.9 Å². The summed E-state index contributed by atoms with van der Waals surface area (Å²) in [5.41, 5.74) is 3.32. The van der Waals surface area contributed by atoms with Crippen LogP contribution in [0.4, 0.5) is 4.79 Å². The molecule has 1 aliphatic rings. The molecule has 1 aromatic rings. The normalized spacial score (nSPS) is 18.0. The molecule has 82 valence electrons. The molecule has 1 fully saturated rings. The van der Waals surface area contributed by atoms with E-state index < -0.39 is 0 Å². The lowest BCUT2D eigenvalue weighted by Crippen LogP contribution is -2.17. The molecule has 0 aromatic heterocycles. The van der Waals surface area contributed by atoms with Gasteiger partial charge in [0, 0.05) is 0 Å². The Balaban J connectivity index is 2.32. The highest BCUT2D eigenvalue weighted by atomic mass is 32.2. The second-order valence-electron chi connectivity index (χ2n) is 3.70. The second kappa shape index (κ2) is 4.14. The number of hydrogen-bond donors (Lipinski definition) is 1. The summed E-state index contributed by atoms with van der Waals surface area (Å²) in [6.45, 7) is 4.05. The van der Waals surface area contributed by atoms with E-state index in [1.807, 2.05) is 32.0 Å². The van der Waals surface area contributed by atoms with E-state index in [9.17, 15) is 9.59 Å². The molecule has 1 saturated heterocycles. The van der Waals surface area contributed by atoms with Crippen LogP contribution in [0.2, 0.25) is 0 Å². The summed E-state index contributed by atoms with van der Waals surface area (Å²) in [5, 5.41) is 1.92. The fourth-order valence-corrected chi connectivity index (χ4v) is 2.11. The van der Waals surface area contributed by atoms with Crippen LogP contribution in [-0.4, -0.2) is 11.1 Å². The van der Waals surface area contributed by atoms with Crippen LogP contribution in [-0.2, 0) is 4.79 Å². The fraction of sp³-hybridized carbons (Fsp3) is 0.167. The third kappa shape index (κ3) is 2.17. The SMILES string of the molecule is Cc1ccc(/C=C2\SC(=O)NC2=O)cc1C. The van der Waals surface area contributed by atoms with Crippen molar-refractivity contribution in [3.63, 3.8) is 0 Å². The Kier molecular flexibility index (Phi) is 2.83. The minimum Gasteiger partial charge on any atom is -0.282 e. The maximum absolute atomic E-state index is 11.3. The first kappa shape index (κ1) is 11.0. The lowest BCUT2D eigenvalue weighted by molar-refractivity contribution is -0.115. The quantitative estimate of drug-likeness (QED) is 0.758. The molecule has 4 heteroatoms. The van der Waals surface area contributed by atoms with Crippen LogP contribution in [0.1, 0.15) is 16.7 Å². The smallest absolute Gasteiger partial charge is 0.282 e. The Labute approximate surface area is 97.9 Å². The van der Waals surface area contributed by atoms with E-state index in [2.05, 4.69) is 5.32 Å². The van der Waals surface area contributed by atoms with Gasteiger partial charge < -0.3 is 0 Å². The number of nitrogens with one attached hydrogen (secondary N) is 1. The molecule has 3 nitrogen and oxygen atoms in total. The van der Waals surface area contributed by atoms with Crippen molar-refractivity contribution in [3.05, 3.63) is 39.8 Å². The second-order valence-corrected chi connectivity index (χ2v) is 4.71. The Bertz CT molecular complexity index is 506. The monoisotopic (exact) mass is 233 g/mol. The Hall–Kier alpha value is -1.55. The van der Waals surface area contributed by atoms with Gasteiger partial charge in [0.05, 0.1) is 4.91 Å². The molecule has 16 heavy (non-hydrogen) atoms. The van der Waals surface area contributed by atoms with E-state index in [-0.39, 0.29) is 11.1 Å². The number of thioether (sulfide) groups is 1. The van der Waals surface area contributed by atoms with E-state index in [4.69, 9.17) is 0 Å². The molecule has 0 bridgehead atoms. The van der Waals surface area contributed by atoms with Crippen LogP contribution in [0, 0.1) is 13.8 Å². The van der Waals surface area contributed by atoms with Crippen molar-refractivity contribution in [2.45, 2.75) is 13.8 Å². The molecule has 0 atom stereocenters. The molecule has 0 spiro atoms. The highest BCUT2D eigenvalue weighted by Crippen LogP contribution is 2.25. The number of carbonyl (C=O) groups excluding carboxylic acids is 2. The van der Waals surface area contributed by atoms with E-state index in [1.54, 1.807) is 6.08 Å². The van der Waals surface area contributed by atoms with Gasteiger partial charge in [0.15, 0.2) is 0 Å². The molecule has 1 N–H and O–H groups in total. The van der Waals surface area contributed by atoms with Gasteiger partial charge in [0.25, 0.3) is 11.1 Å². The third-order valence-electron chi connectivity index (χ3n) is 2.47. The molecule has 1 aromatic carbocycles. The largest absolute Gasteiger partial charge is 0.290 e. The Morgan fingerprint density at radius 2 is 1.94 bits per heavy atom. The van der Waals surface area contributed by atoms with E-state index in [1.165, 1.54) is 11.1 Å². The number of carbonyl (C=O) groups is 2. The van der Waals surface area contributed by atoms with Crippen LogP contribution in [0.15, 0.2) is 23.1 Å². The summed E-state index contributed by atoms with van der Waals surface area (Å²) in [6, 6.07) is 5.94. The maximum Gasteiger partial charge on any atom is 0.290 e. The van der Waals surface area contributed by atoms with E-state index in [0.29, 0.717) is 4.91 Å². The average Bonchev–Trinajstić information content (AvgIpc) is 2.51. The van der Waals surface area contributed by atoms with Crippen LogP contribution >= 0.6 is 11.8 Å². The van der Waals surface area contributed by atoms with Gasteiger partial charge >= 0.3 is 0 Å². The topological polar surface area (TPSA) is 46.2 Å². The molecule has 1 heterocycles. The number of hydrogen-bond acceptors (Lipinski definition) is 3. The molecule has 2 amide bonds. The van der Waals surface area contributed by atoms with Crippen LogP contribution in [0.25, 0.3) is 6.08 Å². The van der Waals surface area contributed by atoms with Gasteiger partial charge in [-0.05, 0) is 48.4 Å². The standard InChI is InChI=1S/C12H11NO2S/c1-7-3-4-9(5-8(7)2)6-10-11(14)13-12(15)16-10/h3-6H,1-2H3,(H,13,14,15)/b10-6-. The summed E-state index contributed by atoms with van der Waals surface area (Å²) < 4.78 is 0. The van der Waals surface area contributed by atoms with Gasteiger partial charge in [-0.2, -0.15) is 0 Å². The zero-order valence-corrected chi connectivity index (χ0v) is 9.85. The van der Waals surface area contributed by atoms with Crippen molar-refractivity contribution in [1.29, 1.82) is 0 Å². The number of imide groups is 1. The van der Waals surface area contributed by atoms with Crippen molar-refractivity contribution >= 4 is 29.0 Å². The van der Waals surface area contributed by atoms with Crippen molar-refractivity contribution in [2.24, 2.45) is 0 Å². The van der Waals surface area contributed by atoms with Crippen molar-refractivity contribution < 1.29 is 9.59 Å². The number of rotatable bonds is 1.